The van der Waals surface area contributed by atoms with Crippen LogP contribution in [0.3, 0.4) is 0 Å². The molecule has 0 aromatic heterocycles. The van der Waals surface area contributed by atoms with Crippen molar-refractivity contribution in [1.29, 1.82) is 0 Å². The zero-order chi connectivity index (χ0) is 18.4. The summed E-state index contributed by atoms with van der Waals surface area (Å²) in [6.45, 7) is 4.40. The summed E-state index contributed by atoms with van der Waals surface area (Å²) in [7, 11) is 0. The number of carboxylic acid groups (broad SMARTS) is 1. The average Bonchev–Trinajstić information content (AvgIpc) is 2.59. The molecule has 0 heterocycles. The molecule has 0 aliphatic rings. The number of carbonyl (C=O) groups is 3. The molecular formula is C20H20O5. The molecule has 0 aliphatic carbocycles. The molecule has 25 heavy (non-hydrogen) atoms. The summed E-state index contributed by atoms with van der Waals surface area (Å²) in [6, 6.07) is 12.6. The molecule has 0 fully saturated rings. The monoisotopic (exact) mass is 340 g/mol. The maximum absolute atomic E-state index is 12.2. The van der Waals surface area contributed by atoms with E-state index < -0.39 is 17.7 Å². The average molecular weight is 340 g/mol. The third-order valence-electron chi connectivity index (χ3n) is 4.07. The normalized spacial score (nSPS) is 11.6. The van der Waals surface area contributed by atoms with Crippen molar-refractivity contribution in [2.45, 2.75) is 26.9 Å². The largest absolute Gasteiger partial charge is 0.489 e. The topological polar surface area (TPSA) is 80.7 Å². The van der Waals surface area contributed by atoms with E-state index in [4.69, 9.17) is 9.84 Å². The van der Waals surface area contributed by atoms with Crippen LogP contribution in [0, 0.1) is 19.8 Å². The number of aldehydes is 1. The van der Waals surface area contributed by atoms with Gasteiger partial charge in [-0.3, -0.25) is 9.59 Å². The van der Waals surface area contributed by atoms with Crippen molar-refractivity contribution in [2.75, 3.05) is 0 Å². The molecule has 1 N–H and O–H groups in total. The van der Waals surface area contributed by atoms with Gasteiger partial charge in [0.2, 0.25) is 0 Å². The molecule has 2 aromatic carbocycles. The summed E-state index contributed by atoms with van der Waals surface area (Å²) in [5, 5.41) is 8.88. The van der Waals surface area contributed by atoms with Gasteiger partial charge < -0.3 is 14.6 Å². The van der Waals surface area contributed by atoms with Crippen LogP contribution in [0.15, 0.2) is 42.5 Å². The fourth-order valence-electron chi connectivity index (χ4n) is 2.50. The maximum atomic E-state index is 12.2. The third-order valence-corrected chi connectivity index (χ3v) is 4.07. The Bertz CT molecular complexity index is 774. The van der Waals surface area contributed by atoms with E-state index in [9.17, 15) is 14.4 Å². The number of rotatable bonds is 8. The van der Waals surface area contributed by atoms with Crippen LogP contribution >= 0.6 is 0 Å². The minimum atomic E-state index is -1.33. The Labute approximate surface area is 146 Å². The minimum absolute atomic E-state index is 0.279. The molecule has 0 saturated carbocycles. The molecule has 0 saturated heterocycles. The van der Waals surface area contributed by atoms with Crippen LogP contribution in [0.25, 0.3) is 0 Å². The number of carboxylic acids is 1. The van der Waals surface area contributed by atoms with E-state index in [0.29, 0.717) is 17.9 Å². The van der Waals surface area contributed by atoms with Crippen LogP contribution in [-0.4, -0.2) is 23.1 Å². The minimum Gasteiger partial charge on any atom is -0.489 e. The number of carbonyl (C=O) groups excluding carboxylic acids is 2. The van der Waals surface area contributed by atoms with Gasteiger partial charge in [-0.05, 0) is 42.7 Å². The van der Waals surface area contributed by atoms with Crippen LogP contribution in [0.2, 0.25) is 0 Å². The Morgan fingerprint density at radius 2 is 1.76 bits per heavy atom. The molecule has 0 spiro atoms. The van der Waals surface area contributed by atoms with Crippen molar-refractivity contribution in [1.82, 2.24) is 0 Å². The van der Waals surface area contributed by atoms with Crippen molar-refractivity contribution < 1.29 is 24.2 Å². The van der Waals surface area contributed by atoms with E-state index in [0.717, 1.165) is 16.7 Å². The van der Waals surface area contributed by atoms with Crippen molar-refractivity contribution in [3.63, 3.8) is 0 Å². The quantitative estimate of drug-likeness (QED) is 0.453. The highest BCUT2D eigenvalue weighted by Crippen LogP contribution is 2.20. The Hall–Kier alpha value is -2.95. The molecule has 0 radical (unpaired) electrons. The Kier molecular flexibility index (Phi) is 6.06. The van der Waals surface area contributed by atoms with Gasteiger partial charge in [0.05, 0.1) is 0 Å². The number of hydrogen-bond acceptors (Lipinski definition) is 4. The first-order valence-corrected chi connectivity index (χ1v) is 7.91. The Balaban J connectivity index is 2.09. The summed E-state index contributed by atoms with van der Waals surface area (Å²) >= 11 is 0. The predicted octanol–water partition coefficient (Wildman–Crippen LogP) is 3.35. The Morgan fingerprint density at radius 1 is 1.12 bits per heavy atom. The highest BCUT2D eigenvalue weighted by atomic mass is 16.5. The lowest BCUT2D eigenvalue weighted by molar-refractivity contribution is -0.143. The predicted molar refractivity (Wildman–Crippen MR) is 92.8 cm³/mol. The van der Waals surface area contributed by atoms with Gasteiger partial charge in [-0.25, -0.2) is 0 Å². The molecule has 1 atom stereocenters. The van der Waals surface area contributed by atoms with Crippen LogP contribution in [0.5, 0.6) is 5.75 Å². The SMILES string of the molecule is Cc1cccc(C)c1COc1cccc(C(=O)CC(C=O)C(=O)O)c1. The summed E-state index contributed by atoms with van der Waals surface area (Å²) in [4.78, 5) is 33.8. The smallest absolute Gasteiger partial charge is 0.314 e. The molecule has 0 amide bonds. The number of ether oxygens (including phenoxy) is 1. The number of hydrogen-bond donors (Lipinski definition) is 1. The first-order chi connectivity index (χ1) is 11.9. The second kappa shape index (κ2) is 8.24. The number of Topliss-reactive ketones (excluding diaryl/α,β-unsaturated/α-hetero) is 1. The molecule has 2 rings (SSSR count). The molecule has 0 bridgehead atoms. The molecule has 5 heteroatoms. The third kappa shape index (κ3) is 4.76. The molecule has 0 aliphatic heterocycles. The number of ketones is 1. The van der Waals surface area contributed by atoms with Crippen LogP contribution in [-0.2, 0) is 16.2 Å². The maximum Gasteiger partial charge on any atom is 0.314 e. The summed E-state index contributed by atoms with van der Waals surface area (Å²) in [6.07, 6.45) is -0.0826. The molecule has 5 nitrogen and oxygen atoms in total. The van der Waals surface area contributed by atoms with Gasteiger partial charge in [0.15, 0.2) is 5.78 Å². The lowest BCUT2D eigenvalue weighted by Gasteiger charge is -2.12. The zero-order valence-electron chi connectivity index (χ0n) is 14.2. The zero-order valence-corrected chi connectivity index (χ0v) is 14.2. The van der Waals surface area contributed by atoms with E-state index in [2.05, 4.69) is 0 Å². The molecular weight excluding hydrogens is 320 g/mol. The van der Waals surface area contributed by atoms with Gasteiger partial charge in [-0.15, -0.1) is 0 Å². The van der Waals surface area contributed by atoms with Gasteiger partial charge in [0.1, 0.15) is 24.6 Å². The highest BCUT2D eigenvalue weighted by molar-refractivity contribution is 6.01. The van der Waals surface area contributed by atoms with Gasteiger partial charge in [-0.1, -0.05) is 30.3 Å². The number of aliphatic carboxylic acids is 1. The van der Waals surface area contributed by atoms with Crippen LogP contribution < -0.4 is 4.74 Å². The van der Waals surface area contributed by atoms with Crippen LogP contribution in [0.4, 0.5) is 0 Å². The first-order valence-electron chi connectivity index (χ1n) is 7.91. The van der Waals surface area contributed by atoms with Gasteiger partial charge in [0.25, 0.3) is 0 Å². The lowest BCUT2D eigenvalue weighted by atomic mass is 9.99. The fraction of sp³-hybridized carbons (Fsp3) is 0.250. The van der Waals surface area contributed by atoms with E-state index in [-0.39, 0.29) is 12.7 Å². The van der Waals surface area contributed by atoms with Gasteiger partial charge in [0, 0.05) is 12.0 Å². The molecule has 2 aromatic rings. The second-order valence-corrected chi connectivity index (χ2v) is 5.89. The number of aryl methyl sites for hydroxylation is 2. The Morgan fingerprint density at radius 3 is 2.36 bits per heavy atom. The second-order valence-electron chi connectivity index (χ2n) is 5.89. The van der Waals surface area contributed by atoms with E-state index in [1.54, 1.807) is 24.3 Å². The standard InChI is InChI=1S/C20H20O5/c1-13-5-3-6-14(2)18(13)12-25-17-8-4-7-15(9-17)19(22)10-16(11-21)20(23)24/h3-9,11,16H,10,12H2,1-2H3,(H,23,24). The first kappa shape index (κ1) is 18.4. The van der Waals surface area contributed by atoms with Crippen LogP contribution in [0.1, 0.15) is 33.5 Å². The fourth-order valence-corrected chi connectivity index (χ4v) is 2.50. The van der Waals surface area contributed by atoms with Crippen molar-refractivity contribution in [3.05, 3.63) is 64.7 Å². The van der Waals surface area contributed by atoms with Crippen molar-refractivity contribution >= 4 is 18.0 Å². The molecule has 1 unspecified atom stereocenters. The van der Waals surface area contributed by atoms with E-state index in [1.807, 2.05) is 32.0 Å². The van der Waals surface area contributed by atoms with Crippen molar-refractivity contribution in [3.8, 4) is 5.75 Å². The summed E-state index contributed by atoms with van der Waals surface area (Å²) < 4.78 is 5.79. The van der Waals surface area contributed by atoms with Gasteiger partial charge >= 0.3 is 5.97 Å². The van der Waals surface area contributed by atoms with Gasteiger partial charge in [-0.2, -0.15) is 0 Å². The highest BCUT2D eigenvalue weighted by Gasteiger charge is 2.21. The van der Waals surface area contributed by atoms with E-state index in [1.165, 1.54) is 0 Å². The van der Waals surface area contributed by atoms with E-state index >= 15 is 0 Å². The summed E-state index contributed by atoms with van der Waals surface area (Å²) in [5.74, 6) is -2.51. The van der Waals surface area contributed by atoms with Crippen molar-refractivity contribution in [2.24, 2.45) is 5.92 Å². The molecule has 130 valence electrons. The number of benzene rings is 2. The summed E-state index contributed by atoms with van der Waals surface area (Å²) in [5.41, 5.74) is 3.67. The lowest BCUT2D eigenvalue weighted by Crippen LogP contribution is -2.19.